The predicted octanol–water partition coefficient (Wildman–Crippen LogP) is 5.25. The first-order valence-corrected chi connectivity index (χ1v) is 11.2. The maximum absolute atomic E-state index is 13.3. The molecule has 34 heavy (non-hydrogen) atoms. The summed E-state index contributed by atoms with van der Waals surface area (Å²) in [5, 5.41) is 17.8. The van der Waals surface area contributed by atoms with Gasteiger partial charge in [-0.2, -0.15) is 0 Å². The molecule has 0 atom stereocenters. The minimum atomic E-state index is -1.49. The highest BCUT2D eigenvalue weighted by Crippen LogP contribution is 2.18. The average Bonchev–Trinajstić information content (AvgIpc) is 2.85. The Labute approximate surface area is 205 Å². The van der Waals surface area contributed by atoms with Gasteiger partial charge in [-0.3, -0.25) is 0 Å². The van der Waals surface area contributed by atoms with Gasteiger partial charge in [0.25, 0.3) is 0 Å². The monoisotopic (exact) mass is 526 g/mol. The molecule has 8 heteroatoms. The highest BCUT2D eigenvalue weighted by Gasteiger charge is 2.10. The first-order valence-electron chi connectivity index (χ1n) is 10.4. The minimum absolute atomic E-state index is 0.133. The number of hydrogen-bond acceptors (Lipinski definition) is 4. The van der Waals surface area contributed by atoms with E-state index in [2.05, 4.69) is 15.9 Å². The topological polar surface area (TPSA) is 58.9 Å². The SMILES string of the molecule is Fc1ccccc1COc1ccc(Br)cc1.OB(O)c1ccc(OCc2ccccc2F)cc1. The third kappa shape index (κ3) is 7.99. The molecular weight excluding hydrogens is 505 g/mol. The fourth-order valence-corrected chi connectivity index (χ4v) is 3.08. The normalized spacial score (nSPS) is 10.1. The number of rotatable bonds is 7. The fraction of sp³-hybridized carbons (Fsp3) is 0.0769. The van der Waals surface area contributed by atoms with Gasteiger partial charge in [-0.1, -0.05) is 64.5 Å². The van der Waals surface area contributed by atoms with Gasteiger partial charge in [0.15, 0.2) is 0 Å². The molecule has 0 radical (unpaired) electrons. The summed E-state index contributed by atoms with van der Waals surface area (Å²) in [4.78, 5) is 0. The molecule has 0 amide bonds. The molecule has 0 fully saturated rings. The van der Waals surface area contributed by atoms with Crippen molar-refractivity contribution in [3.05, 3.63) is 124 Å². The van der Waals surface area contributed by atoms with Crippen molar-refractivity contribution < 1.29 is 28.3 Å². The molecule has 0 bridgehead atoms. The lowest BCUT2D eigenvalue weighted by Crippen LogP contribution is -2.29. The van der Waals surface area contributed by atoms with Crippen LogP contribution in [0.2, 0.25) is 0 Å². The van der Waals surface area contributed by atoms with Gasteiger partial charge in [-0.15, -0.1) is 0 Å². The smallest absolute Gasteiger partial charge is 0.488 e. The van der Waals surface area contributed by atoms with E-state index < -0.39 is 7.12 Å². The Hall–Kier alpha value is -3.20. The van der Waals surface area contributed by atoms with Crippen molar-refractivity contribution in [2.24, 2.45) is 0 Å². The zero-order chi connectivity index (χ0) is 24.3. The van der Waals surface area contributed by atoms with Crippen LogP contribution in [0.15, 0.2) is 102 Å². The summed E-state index contributed by atoms with van der Waals surface area (Å²) < 4.78 is 38.4. The predicted molar refractivity (Wildman–Crippen MR) is 132 cm³/mol. The zero-order valence-electron chi connectivity index (χ0n) is 18.1. The minimum Gasteiger partial charge on any atom is -0.489 e. The zero-order valence-corrected chi connectivity index (χ0v) is 19.7. The molecule has 0 spiro atoms. The summed E-state index contributed by atoms with van der Waals surface area (Å²) in [5.74, 6) is 0.730. The van der Waals surface area contributed by atoms with E-state index in [1.807, 2.05) is 24.3 Å². The summed E-state index contributed by atoms with van der Waals surface area (Å²) in [6.45, 7) is 0.377. The Kier molecular flexibility index (Phi) is 9.64. The number of halogens is 3. The molecule has 0 saturated heterocycles. The van der Waals surface area contributed by atoms with Crippen LogP contribution >= 0.6 is 15.9 Å². The van der Waals surface area contributed by atoms with Crippen LogP contribution in [0.4, 0.5) is 8.78 Å². The van der Waals surface area contributed by atoms with Crippen LogP contribution in [0.1, 0.15) is 11.1 Å². The first-order chi connectivity index (χ1) is 16.4. The maximum Gasteiger partial charge on any atom is 0.488 e. The molecule has 0 aliphatic rings. The summed E-state index contributed by atoms with van der Waals surface area (Å²) in [7, 11) is -1.49. The summed E-state index contributed by atoms with van der Waals surface area (Å²) >= 11 is 3.34. The number of benzene rings is 4. The Bertz CT molecular complexity index is 1170. The van der Waals surface area contributed by atoms with Crippen LogP contribution in [-0.4, -0.2) is 17.2 Å². The van der Waals surface area contributed by atoms with Crippen molar-refractivity contribution in [3.8, 4) is 11.5 Å². The molecule has 0 unspecified atom stereocenters. The van der Waals surface area contributed by atoms with Crippen molar-refractivity contribution in [2.75, 3.05) is 0 Å². The van der Waals surface area contributed by atoms with Crippen LogP contribution in [0.5, 0.6) is 11.5 Å². The second kappa shape index (κ2) is 12.9. The second-order valence-corrected chi connectivity index (χ2v) is 8.07. The van der Waals surface area contributed by atoms with Gasteiger partial charge in [0.05, 0.1) is 0 Å². The molecule has 2 N–H and O–H groups in total. The van der Waals surface area contributed by atoms with Gasteiger partial charge in [0.1, 0.15) is 36.3 Å². The van der Waals surface area contributed by atoms with Crippen molar-refractivity contribution >= 4 is 28.5 Å². The quantitative estimate of drug-likeness (QED) is 0.323. The first kappa shape index (κ1) is 25.4. The highest BCUT2D eigenvalue weighted by molar-refractivity contribution is 9.10. The standard InChI is InChI=1S/C13H12BFO3.C13H10BrFO/c15-13-4-2-1-3-10(13)9-18-12-7-5-11(6-8-12)14(16)17;14-11-5-7-12(8-6-11)16-9-10-3-1-2-4-13(10)15/h1-8,16-17H,9H2;1-8H,9H2. The largest absolute Gasteiger partial charge is 0.489 e. The molecule has 4 aromatic rings. The Morgan fingerprint density at radius 1 is 0.618 bits per heavy atom. The van der Waals surface area contributed by atoms with Gasteiger partial charge in [0, 0.05) is 15.6 Å². The number of ether oxygens (including phenoxy) is 2. The lowest BCUT2D eigenvalue weighted by Gasteiger charge is -2.07. The molecule has 174 valence electrons. The van der Waals surface area contributed by atoms with E-state index in [4.69, 9.17) is 19.5 Å². The van der Waals surface area contributed by atoms with Crippen molar-refractivity contribution in [3.63, 3.8) is 0 Å². The fourth-order valence-electron chi connectivity index (χ4n) is 2.82. The number of hydrogen-bond donors (Lipinski definition) is 2. The van der Waals surface area contributed by atoms with Crippen LogP contribution in [0, 0.1) is 11.6 Å². The molecule has 4 aromatic carbocycles. The molecule has 0 heterocycles. The third-order valence-electron chi connectivity index (χ3n) is 4.70. The molecule has 0 saturated carbocycles. The van der Waals surface area contributed by atoms with Gasteiger partial charge >= 0.3 is 7.12 Å². The van der Waals surface area contributed by atoms with Crippen molar-refractivity contribution in [1.82, 2.24) is 0 Å². The molecule has 0 aromatic heterocycles. The van der Waals surface area contributed by atoms with E-state index in [1.165, 1.54) is 12.1 Å². The molecule has 4 nitrogen and oxygen atoms in total. The van der Waals surface area contributed by atoms with Gasteiger partial charge in [-0.05, 0) is 54.0 Å². The molecule has 0 aliphatic carbocycles. The van der Waals surface area contributed by atoms with E-state index >= 15 is 0 Å². The summed E-state index contributed by atoms with van der Waals surface area (Å²) in [6.07, 6.45) is 0. The summed E-state index contributed by atoms with van der Waals surface area (Å²) in [5.41, 5.74) is 1.42. The van der Waals surface area contributed by atoms with E-state index in [9.17, 15) is 8.78 Å². The molecular formula is C26H22BBrF2O4. The van der Waals surface area contributed by atoms with Crippen LogP contribution < -0.4 is 14.9 Å². The van der Waals surface area contributed by atoms with Crippen LogP contribution in [-0.2, 0) is 13.2 Å². The Morgan fingerprint density at radius 3 is 1.44 bits per heavy atom. The Balaban J connectivity index is 0.000000192. The van der Waals surface area contributed by atoms with Crippen LogP contribution in [0.3, 0.4) is 0 Å². The Morgan fingerprint density at radius 2 is 1.03 bits per heavy atom. The average molecular weight is 527 g/mol. The van der Waals surface area contributed by atoms with Crippen molar-refractivity contribution in [1.29, 1.82) is 0 Å². The maximum atomic E-state index is 13.3. The van der Waals surface area contributed by atoms with Gasteiger partial charge in [-0.25, -0.2) is 8.78 Å². The van der Waals surface area contributed by atoms with Crippen molar-refractivity contribution in [2.45, 2.75) is 13.2 Å². The van der Waals surface area contributed by atoms with Gasteiger partial charge in [0.2, 0.25) is 0 Å². The van der Waals surface area contributed by atoms with E-state index in [0.29, 0.717) is 22.3 Å². The van der Waals surface area contributed by atoms with E-state index in [-0.39, 0.29) is 24.8 Å². The lowest BCUT2D eigenvalue weighted by atomic mass is 9.80. The highest BCUT2D eigenvalue weighted by atomic mass is 79.9. The van der Waals surface area contributed by atoms with E-state index in [1.54, 1.807) is 60.7 Å². The lowest BCUT2D eigenvalue weighted by molar-refractivity contribution is 0.299. The van der Waals surface area contributed by atoms with E-state index in [0.717, 1.165) is 10.2 Å². The second-order valence-electron chi connectivity index (χ2n) is 7.16. The molecule has 4 rings (SSSR count). The van der Waals surface area contributed by atoms with Crippen LogP contribution in [0.25, 0.3) is 0 Å². The summed E-state index contributed by atoms with van der Waals surface area (Å²) in [6, 6.07) is 26.8. The van der Waals surface area contributed by atoms with Gasteiger partial charge < -0.3 is 19.5 Å². The molecule has 0 aliphatic heterocycles. The third-order valence-corrected chi connectivity index (χ3v) is 5.22.